The number of nitriles is 1. The maximum atomic E-state index is 11.7. The summed E-state index contributed by atoms with van der Waals surface area (Å²) >= 11 is 15.1. The Hall–Kier alpha value is -0.760. The van der Waals surface area contributed by atoms with Crippen LogP contribution < -0.4 is 5.32 Å². The Morgan fingerprint density at radius 3 is 2.71 bits per heavy atom. The van der Waals surface area contributed by atoms with Crippen molar-refractivity contribution in [2.75, 3.05) is 5.32 Å². The SMILES string of the molecule is CCC(C#N)C(=O)Nc1ccc(Br)c(Cl)c1Cl. The van der Waals surface area contributed by atoms with E-state index in [1.165, 1.54) is 0 Å². The van der Waals surface area contributed by atoms with Gasteiger partial charge in [-0.2, -0.15) is 5.26 Å². The van der Waals surface area contributed by atoms with E-state index < -0.39 is 5.92 Å². The summed E-state index contributed by atoms with van der Waals surface area (Å²) in [4.78, 5) is 11.7. The third-order valence-electron chi connectivity index (χ3n) is 2.17. The van der Waals surface area contributed by atoms with Gasteiger partial charge in [-0.25, -0.2) is 0 Å². The average molecular weight is 336 g/mol. The van der Waals surface area contributed by atoms with E-state index in [2.05, 4.69) is 21.2 Å². The minimum atomic E-state index is -0.687. The van der Waals surface area contributed by atoms with E-state index in [-0.39, 0.29) is 10.9 Å². The Labute approximate surface area is 118 Å². The number of benzene rings is 1. The van der Waals surface area contributed by atoms with Crippen LogP contribution in [0.2, 0.25) is 10.0 Å². The summed E-state index contributed by atoms with van der Waals surface area (Å²) in [6, 6.07) is 5.22. The van der Waals surface area contributed by atoms with E-state index in [0.717, 1.165) is 0 Å². The summed E-state index contributed by atoms with van der Waals surface area (Å²) < 4.78 is 0.648. The zero-order chi connectivity index (χ0) is 13.0. The predicted molar refractivity (Wildman–Crippen MR) is 72.2 cm³/mol. The number of hydrogen-bond acceptors (Lipinski definition) is 2. The van der Waals surface area contributed by atoms with Crippen LogP contribution in [-0.2, 0) is 4.79 Å². The molecule has 0 aromatic heterocycles. The van der Waals surface area contributed by atoms with Crippen LogP contribution in [0.5, 0.6) is 0 Å². The van der Waals surface area contributed by atoms with E-state index in [1.54, 1.807) is 19.1 Å². The number of nitrogens with zero attached hydrogens (tertiary/aromatic N) is 1. The van der Waals surface area contributed by atoms with Gasteiger partial charge in [0, 0.05) is 4.47 Å². The fraction of sp³-hybridized carbons (Fsp3) is 0.273. The average Bonchev–Trinajstić information content (AvgIpc) is 2.31. The van der Waals surface area contributed by atoms with Crippen LogP contribution in [0.15, 0.2) is 16.6 Å². The summed E-state index contributed by atoms with van der Waals surface area (Å²) in [6.45, 7) is 1.77. The number of rotatable bonds is 3. The van der Waals surface area contributed by atoms with Gasteiger partial charge in [0.15, 0.2) is 0 Å². The second-order valence-electron chi connectivity index (χ2n) is 3.30. The molecule has 1 rings (SSSR count). The predicted octanol–water partition coefficient (Wildman–Crippen LogP) is 4.24. The highest BCUT2D eigenvalue weighted by atomic mass is 79.9. The lowest BCUT2D eigenvalue weighted by atomic mass is 10.1. The number of carbonyl (C=O) groups is 1. The Kier molecular flexibility index (Phi) is 5.26. The summed E-state index contributed by atoms with van der Waals surface area (Å²) in [5, 5.41) is 11.9. The van der Waals surface area contributed by atoms with Crippen LogP contribution in [0.25, 0.3) is 0 Å². The summed E-state index contributed by atoms with van der Waals surface area (Å²) in [5.74, 6) is -1.07. The topological polar surface area (TPSA) is 52.9 Å². The van der Waals surface area contributed by atoms with Crippen molar-refractivity contribution < 1.29 is 4.79 Å². The van der Waals surface area contributed by atoms with E-state index in [9.17, 15) is 4.79 Å². The fourth-order valence-corrected chi connectivity index (χ4v) is 2.00. The first-order valence-corrected chi connectivity index (χ1v) is 6.40. The minimum absolute atomic E-state index is 0.252. The molecule has 1 atom stereocenters. The van der Waals surface area contributed by atoms with E-state index in [0.29, 0.717) is 21.6 Å². The Morgan fingerprint density at radius 1 is 1.53 bits per heavy atom. The molecule has 0 bridgehead atoms. The van der Waals surface area contributed by atoms with Crippen LogP contribution in [0.4, 0.5) is 5.69 Å². The largest absolute Gasteiger partial charge is 0.324 e. The van der Waals surface area contributed by atoms with Crippen LogP contribution >= 0.6 is 39.1 Å². The smallest absolute Gasteiger partial charge is 0.241 e. The van der Waals surface area contributed by atoms with Gasteiger partial charge in [0.05, 0.1) is 21.8 Å². The first kappa shape index (κ1) is 14.3. The molecule has 0 heterocycles. The van der Waals surface area contributed by atoms with Gasteiger partial charge < -0.3 is 5.32 Å². The summed E-state index contributed by atoms with van der Waals surface area (Å²) in [6.07, 6.45) is 0.449. The van der Waals surface area contributed by atoms with Crippen molar-refractivity contribution in [2.45, 2.75) is 13.3 Å². The van der Waals surface area contributed by atoms with Crippen molar-refractivity contribution in [3.05, 3.63) is 26.7 Å². The molecule has 1 aromatic rings. The van der Waals surface area contributed by atoms with Crippen molar-refractivity contribution in [3.63, 3.8) is 0 Å². The van der Waals surface area contributed by atoms with Gasteiger partial charge in [-0.15, -0.1) is 0 Å². The molecule has 3 nitrogen and oxygen atoms in total. The quantitative estimate of drug-likeness (QED) is 0.840. The highest BCUT2D eigenvalue weighted by Gasteiger charge is 2.17. The number of nitrogens with one attached hydrogen (secondary N) is 1. The number of carbonyl (C=O) groups excluding carboxylic acids is 1. The standard InChI is InChI=1S/C11H9BrCl2N2O/c1-2-6(5-15)11(17)16-8-4-3-7(12)9(13)10(8)14/h3-4,6H,2H2,1H3,(H,16,17). The van der Waals surface area contributed by atoms with Crippen LogP contribution in [0, 0.1) is 17.2 Å². The summed E-state index contributed by atoms with van der Waals surface area (Å²) in [5.41, 5.74) is 0.401. The van der Waals surface area contributed by atoms with E-state index >= 15 is 0 Å². The van der Waals surface area contributed by atoms with Crippen molar-refractivity contribution in [2.24, 2.45) is 5.92 Å². The second-order valence-corrected chi connectivity index (χ2v) is 4.91. The van der Waals surface area contributed by atoms with Crippen LogP contribution in [-0.4, -0.2) is 5.91 Å². The van der Waals surface area contributed by atoms with Gasteiger partial charge >= 0.3 is 0 Å². The van der Waals surface area contributed by atoms with E-state index in [1.807, 2.05) is 6.07 Å². The molecule has 0 radical (unpaired) electrons. The van der Waals surface area contributed by atoms with Gasteiger partial charge in [0.2, 0.25) is 5.91 Å². The first-order chi connectivity index (χ1) is 8.01. The number of halogens is 3. The lowest BCUT2D eigenvalue weighted by Gasteiger charge is -2.11. The molecule has 0 saturated carbocycles. The Morgan fingerprint density at radius 2 is 2.18 bits per heavy atom. The van der Waals surface area contributed by atoms with Gasteiger partial charge in [0.1, 0.15) is 5.92 Å². The second kappa shape index (κ2) is 6.25. The first-order valence-electron chi connectivity index (χ1n) is 4.85. The molecular weight excluding hydrogens is 327 g/mol. The van der Waals surface area contributed by atoms with Crippen LogP contribution in [0.1, 0.15) is 13.3 Å². The highest BCUT2D eigenvalue weighted by molar-refractivity contribution is 9.10. The van der Waals surface area contributed by atoms with Crippen molar-refractivity contribution in [1.82, 2.24) is 0 Å². The van der Waals surface area contributed by atoms with Crippen molar-refractivity contribution >= 4 is 50.7 Å². The number of amides is 1. The lowest BCUT2D eigenvalue weighted by molar-refractivity contribution is -0.118. The zero-order valence-electron chi connectivity index (χ0n) is 8.93. The van der Waals surface area contributed by atoms with Crippen molar-refractivity contribution in [1.29, 1.82) is 5.26 Å². The lowest BCUT2D eigenvalue weighted by Crippen LogP contribution is -2.21. The molecule has 0 saturated heterocycles. The van der Waals surface area contributed by atoms with Gasteiger partial charge in [-0.3, -0.25) is 4.79 Å². The monoisotopic (exact) mass is 334 g/mol. The van der Waals surface area contributed by atoms with Gasteiger partial charge in [0.25, 0.3) is 0 Å². The molecule has 1 aromatic carbocycles. The molecule has 1 N–H and O–H groups in total. The molecule has 0 aliphatic heterocycles. The Balaban J connectivity index is 2.94. The maximum absolute atomic E-state index is 11.7. The molecule has 0 aliphatic rings. The molecular formula is C11H9BrCl2N2O. The minimum Gasteiger partial charge on any atom is -0.324 e. The van der Waals surface area contributed by atoms with Gasteiger partial charge in [-0.05, 0) is 34.5 Å². The van der Waals surface area contributed by atoms with Crippen LogP contribution in [0.3, 0.4) is 0 Å². The molecule has 17 heavy (non-hydrogen) atoms. The fourth-order valence-electron chi connectivity index (χ4n) is 1.18. The zero-order valence-corrected chi connectivity index (χ0v) is 12.0. The molecule has 1 amide bonds. The van der Waals surface area contributed by atoms with E-state index in [4.69, 9.17) is 28.5 Å². The number of hydrogen-bond donors (Lipinski definition) is 1. The number of anilines is 1. The molecule has 0 spiro atoms. The molecule has 0 fully saturated rings. The molecule has 1 unspecified atom stereocenters. The highest BCUT2D eigenvalue weighted by Crippen LogP contribution is 2.35. The maximum Gasteiger partial charge on any atom is 0.241 e. The Bertz CT molecular complexity index is 485. The molecule has 0 aliphatic carbocycles. The van der Waals surface area contributed by atoms with Crippen molar-refractivity contribution in [3.8, 4) is 6.07 Å². The molecule has 6 heteroatoms. The molecule has 90 valence electrons. The normalized spacial score (nSPS) is 11.7. The summed E-state index contributed by atoms with van der Waals surface area (Å²) in [7, 11) is 0. The third kappa shape index (κ3) is 3.35. The third-order valence-corrected chi connectivity index (χ3v) is 3.94. The van der Waals surface area contributed by atoms with Gasteiger partial charge in [-0.1, -0.05) is 30.1 Å².